The fourth-order valence-electron chi connectivity index (χ4n) is 3.11. The zero-order valence-electron chi connectivity index (χ0n) is 13.8. The normalized spacial score (nSPS) is 11.2. The summed E-state index contributed by atoms with van der Waals surface area (Å²) in [5.74, 6) is 0. The van der Waals surface area contributed by atoms with E-state index in [1.54, 1.807) is 11.3 Å². The van der Waals surface area contributed by atoms with Crippen LogP contribution in [-0.2, 0) is 19.6 Å². The lowest BCUT2D eigenvalue weighted by molar-refractivity contribution is 0.700. The van der Waals surface area contributed by atoms with Crippen LogP contribution in [0, 0.1) is 0 Å². The van der Waals surface area contributed by atoms with Gasteiger partial charge < -0.3 is 9.88 Å². The summed E-state index contributed by atoms with van der Waals surface area (Å²) in [6, 6.07) is 20.9. The molecule has 0 saturated heterocycles. The minimum Gasteiger partial charge on any atom is -0.343 e. The Morgan fingerprint density at radius 1 is 0.920 bits per heavy atom. The molecule has 2 heterocycles. The first kappa shape index (κ1) is 16.4. The van der Waals surface area contributed by atoms with E-state index in [2.05, 4.69) is 70.0 Å². The molecule has 0 unspecified atom stereocenters. The molecule has 0 fully saturated rings. The predicted molar refractivity (Wildman–Crippen MR) is 107 cm³/mol. The van der Waals surface area contributed by atoms with Crippen LogP contribution < -0.4 is 5.32 Å². The van der Waals surface area contributed by atoms with Gasteiger partial charge in [-0.05, 0) is 40.8 Å². The van der Waals surface area contributed by atoms with Crippen LogP contribution in [0.15, 0.2) is 72.2 Å². The minimum absolute atomic E-state index is 0.777. The second-order valence-corrected chi connectivity index (χ2v) is 7.58. The number of halogens is 1. The molecule has 0 radical (unpaired) electrons. The van der Waals surface area contributed by atoms with Gasteiger partial charge in [-0.1, -0.05) is 48.0 Å². The molecule has 0 aliphatic carbocycles. The topological polar surface area (TPSA) is 17.0 Å². The highest BCUT2D eigenvalue weighted by atomic mass is 35.5. The lowest BCUT2D eigenvalue weighted by atomic mass is 10.2. The standard InChI is InChI=1S/C21H19ClN2S/c22-18-9-7-16(8-10-18)14-24-15-17(20-5-1-2-6-21(20)24)12-23-13-19-4-3-11-25-19/h1-11,15,23H,12-14H2. The van der Waals surface area contributed by atoms with Crippen molar-refractivity contribution in [3.05, 3.63) is 93.3 Å². The van der Waals surface area contributed by atoms with E-state index in [1.807, 2.05) is 12.1 Å². The highest BCUT2D eigenvalue weighted by Gasteiger charge is 2.08. The maximum absolute atomic E-state index is 6.00. The number of benzene rings is 2. The summed E-state index contributed by atoms with van der Waals surface area (Å²) in [5, 5.41) is 7.77. The van der Waals surface area contributed by atoms with Gasteiger partial charge in [0.05, 0.1) is 0 Å². The Hall–Kier alpha value is -2.07. The zero-order chi connectivity index (χ0) is 17.1. The fourth-order valence-corrected chi connectivity index (χ4v) is 3.92. The molecule has 2 aromatic heterocycles. The van der Waals surface area contributed by atoms with Gasteiger partial charge in [-0.25, -0.2) is 0 Å². The van der Waals surface area contributed by atoms with Crippen molar-refractivity contribution in [3.8, 4) is 0 Å². The van der Waals surface area contributed by atoms with E-state index < -0.39 is 0 Å². The van der Waals surface area contributed by atoms with Crippen molar-refractivity contribution in [2.24, 2.45) is 0 Å². The van der Waals surface area contributed by atoms with Gasteiger partial charge in [-0.15, -0.1) is 11.3 Å². The van der Waals surface area contributed by atoms with Crippen LogP contribution >= 0.6 is 22.9 Å². The Bertz CT molecular complexity index is 955. The Labute approximate surface area is 156 Å². The molecule has 1 N–H and O–H groups in total. The third-order valence-corrected chi connectivity index (χ3v) is 5.46. The molecular weight excluding hydrogens is 348 g/mol. The van der Waals surface area contributed by atoms with E-state index in [0.29, 0.717) is 0 Å². The van der Waals surface area contributed by atoms with E-state index in [-0.39, 0.29) is 0 Å². The molecule has 2 nitrogen and oxygen atoms in total. The van der Waals surface area contributed by atoms with Gasteiger partial charge in [0.15, 0.2) is 0 Å². The molecule has 0 bridgehead atoms. The van der Waals surface area contributed by atoms with Crippen molar-refractivity contribution >= 4 is 33.8 Å². The van der Waals surface area contributed by atoms with Crippen molar-refractivity contribution in [3.63, 3.8) is 0 Å². The van der Waals surface area contributed by atoms with E-state index in [1.165, 1.54) is 26.9 Å². The predicted octanol–water partition coefficient (Wildman–Crippen LogP) is 5.69. The first-order valence-electron chi connectivity index (χ1n) is 8.34. The summed E-state index contributed by atoms with van der Waals surface area (Å²) in [6.45, 7) is 2.63. The van der Waals surface area contributed by atoms with Crippen molar-refractivity contribution in [1.82, 2.24) is 9.88 Å². The van der Waals surface area contributed by atoms with Crippen molar-refractivity contribution in [1.29, 1.82) is 0 Å². The maximum Gasteiger partial charge on any atom is 0.0486 e. The summed E-state index contributed by atoms with van der Waals surface area (Å²) in [5.41, 5.74) is 3.86. The summed E-state index contributed by atoms with van der Waals surface area (Å²) < 4.78 is 2.32. The largest absolute Gasteiger partial charge is 0.343 e. The lowest BCUT2D eigenvalue weighted by Gasteiger charge is -2.05. The quantitative estimate of drug-likeness (QED) is 0.463. The molecule has 4 rings (SSSR count). The lowest BCUT2D eigenvalue weighted by Crippen LogP contribution is -2.11. The van der Waals surface area contributed by atoms with Gasteiger partial charge in [0.1, 0.15) is 0 Å². The number of nitrogens with one attached hydrogen (secondary N) is 1. The number of hydrogen-bond donors (Lipinski definition) is 1. The molecule has 25 heavy (non-hydrogen) atoms. The Kier molecular flexibility index (Phi) is 4.88. The van der Waals surface area contributed by atoms with Gasteiger partial charge in [0.2, 0.25) is 0 Å². The third-order valence-electron chi connectivity index (χ3n) is 4.33. The summed E-state index contributed by atoms with van der Waals surface area (Å²) >= 11 is 7.79. The van der Waals surface area contributed by atoms with Crippen LogP contribution in [0.3, 0.4) is 0 Å². The number of rotatable bonds is 6. The molecule has 2 aromatic carbocycles. The van der Waals surface area contributed by atoms with Crippen LogP contribution in [0.25, 0.3) is 10.9 Å². The second kappa shape index (κ2) is 7.44. The Morgan fingerprint density at radius 2 is 1.76 bits per heavy atom. The van der Waals surface area contributed by atoms with Crippen molar-refractivity contribution in [2.45, 2.75) is 19.6 Å². The van der Waals surface area contributed by atoms with Gasteiger partial charge in [-0.2, -0.15) is 0 Å². The molecule has 0 spiro atoms. The molecule has 0 aliphatic heterocycles. The highest BCUT2D eigenvalue weighted by Crippen LogP contribution is 2.23. The number of para-hydroxylation sites is 1. The molecule has 4 aromatic rings. The average Bonchev–Trinajstić information content (AvgIpc) is 3.26. The molecular formula is C21H19ClN2S. The van der Waals surface area contributed by atoms with Crippen LogP contribution in [-0.4, -0.2) is 4.57 Å². The summed E-state index contributed by atoms with van der Waals surface area (Å²) in [6.07, 6.45) is 2.26. The number of thiophene rings is 1. The van der Waals surface area contributed by atoms with E-state index in [4.69, 9.17) is 11.6 Å². The van der Waals surface area contributed by atoms with E-state index in [0.717, 1.165) is 24.7 Å². The van der Waals surface area contributed by atoms with Crippen LogP contribution in [0.5, 0.6) is 0 Å². The SMILES string of the molecule is Clc1ccc(Cn2cc(CNCc3cccs3)c3ccccc32)cc1. The summed E-state index contributed by atoms with van der Waals surface area (Å²) in [7, 11) is 0. The molecule has 0 atom stereocenters. The fraction of sp³-hybridized carbons (Fsp3) is 0.143. The van der Waals surface area contributed by atoms with Gasteiger partial charge in [0, 0.05) is 46.6 Å². The average molecular weight is 367 g/mol. The first-order valence-corrected chi connectivity index (χ1v) is 9.59. The van der Waals surface area contributed by atoms with E-state index >= 15 is 0 Å². The monoisotopic (exact) mass is 366 g/mol. The van der Waals surface area contributed by atoms with E-state index in [9.17, 15) is 0 Å². The summed E-state index contributed by atoms with van der Waals surface area (Å²) in [4.78, 5) is 1.37. The maximum atomic E-state index is 6.00. The number of fused-ring (bicyclic) bond motifs is 1. The van der Waals surface area contributed by atoms with Gasteiger partial charge in [0.25, 0.3) is 0 Å². The van der Waals surface area contributed by atoms with Crippen molar-refractivity contribution in [2.75, 3.05) is 0 Å². The Balaban J connectivity index is 1.56. The number of aromatic nitrogens is 1. The molecule has 0 amide bonds. The van der Waals surface area contributed by atoms with Crippen LogP contribution in [0.2, 0.25) is 5.02 Å². The number of nitrogens with zero attached hydrogens (tertiary/aromatic N) is 1. The zero-order valence-corrected chi connectivity index (χ0v) is 15.4. The smallest absolute Gasteiger partial charge is 0.0486 e. The van der Waals surface area contributed by atoms with Crippen molar-refractivity contribution < 1.29 is 0 Å². The van der Waals surface area contributed by atoms with Gasteiger partial charge in [-0.3, -0.25) is 0 Å². The second-order valence-electron chi connectivity index (χ2n) is 6.11. The highest BCUT2D eigenvalue weighted by molar-refractivity contribution is 7.09. The molecule has 0 saturated carbocycles. The molecule has 4 heteroatoms. The Morgan fingerprint density at radius 3 is 2.56 bits per heavy atom. The van der Waals surface area contributed by atoms with Crippen LogP contribution in [0.1, 0.15) is 16.0 Å². The number of hydrogen-bond acceptors (Lipinski definition) is 2. The third kappa shape index (κ3) is 3.79. The molecule has 0 aliphatic rings. The van der Waals surface area contributed by atoms with Crippen LogP contribution in [0.4, 0.5) is 0 Å². The molecule has 126 valence electrons. The van der Waals surface area contributed by atoms with Gasteiger partial charge >= 0.3 is 0 Å². The minimum atomic E-state index is 0.777. The first-order chi connectivity index (χ1) is 12.3.